The van der Waals surface area contributed by atoms with E-state index in [-0.39, 0.29) is 5.92 Å². The molecular weight excluding hydrogens is 400 g/mol. The quantitative estimate of drug-likeness (QED) is 0.215. The fraction of sp³-hybridized carbons (Fsp3) is 0.778. The number of amides is 3. The Morgan fingerprint density at radius 1 is 0.966 bits per heavy atom. The van der Waals surface area contributed by atoms with E-state index in [1.54, 1.807) is 0 Å². The van der Waals surface area contributed by atoms with Crippen LogP contribution in [0, 0.1) is 5.92 Å². The Labute approximate surface area is 175 Å². The first-order valence-corrected chi connectivity index (χ1v) is 10.9. The van der Waals surface area contributed by atoms with Gasteiger partial charge in [-0.15, -0.1) is 0 Å². The number of carboxylic acids is 1. The van der Waals surface area contributed by atoms with Gasteiger partial charge in [0, 0.05) is 0 Å². The van der Waals surface area contributed by atoms with E-state index >= 15 is 0 Å². The van der Waals surface area contributed by atoms with Crippen molar-refractivity contribution in [2.45, 2.75) is 70.8 Å². The maximum absolute atomic E-state index is 12.6. The van der Waals surface area contributed by atoms with Gasteiger partial charge in [0.25, 0.3) is 0 Å². The standard InChI is InChI=1S/C18H34N4O6S/c1-9(2)8-12(19)16(25)21-13(6-7-29-5)17(26)20-10(3)15(24)22-14(11(4)23)18(27)28/h9-14,23H,6-8,19H2,1-5H3,(H,20,26)(H,21,25)(H,22,24)(H,27,28). The zero-order valence-corrected chi connectivity index (χ0v) is 18.4. The molecule has 5 atom stereocenters. The molecule has 0 heterocycles. The van der Waals surface area contributed by atoms with Gasteiger partial charge in [0.15, 0.2) is 6.04 Å². The summed E-state index contributed by atoms with van der Waals surface area (Å²) in [5, 5.41) is 25.7. The van der Waals surface area contributed by atoms with Crippen molar-refractivity contribution in [2.24, 2.45) is 11.7 Å². The summed E-state index contributed by atoms with van der Waals surface area (Å²) >= 11 is 1.50. The maximum atomic E-state index is 12.6. The van der Waals surface area contributed by atoms with Crippen molar-refractivity contribution in [3.63, 3.8) is 0 Å². The normalized spacial score (nSPS) is 16.3. The van der Waals surface area contributed by atoms with E-state index in [0.717, 1.165) is 0 Å². The molecule has 5 unspecified atom stereocenters. The number of aliphatic carboxylic acids is 1. The number of carbonyl (C=O) groups excluding carboxylic acids is 3. The van der Waals surface area contributed by atoms with Crippen LogP contribution in [-0.4, -0.2) is 76.2 Å². The Morgan fingerprint density at radius 2 is 1.55 bits per heavy atom. The molecule has 11 heteroatoms. The van der Waals surface area contributed by atoms with Crippen LogP contribution in [0.3, 0.4) is 0 Å². The zero-order valence-electron chi connectivity index (χ0n) is 17.6. The van der Waals surface area contributed by atoms with Crippen LogP contribution in [-0.2, 0) is 19.2 Å². The lowest BCUT2D eigenvalue weighted by molar-refractivity contribution is -0.145. The molecule has 7 N–H and O–H groups in total. The van der Waals surface area contributed by atoms with E-state index in [9.17, 15) is 24.3 Å². The van der Waals surface area contributed by atoms with Crippen LogP contribution < -0.4 is 21.7 Å². The van der Waals surface area contributed by atoms with Crippen molar-refractivity contribution in [3.8, 4) is 0 Å². The molecule has 0 aromatic carbocycles. The van der Waals surface area contributed by atoms with Crippen LogP contribution in [0.4, 0.5) is 0 Å². The summed E-state index contributed by atoms with van der Waals surface area (Å²) in [4.78, 5) is 48.1. The highest BCUT2D eigenvalue weighted by Crippen LogP contribution is 2.06. The number of carboxylic acid groups (broad SMARTS) is 1. The van der Waals surface area contributed by atoms with Gasteiger partial charge in [0.2, 0.25) is 17.7 Å². The summed E-state index contributed by atoms with van der Waals surface area (Å²) in [6.07, 6.45) is 1.36. The predicted molar refractivity (Wildman–Crippen MR) is 111 cm³/mol. The molecule has 29 heavy (non-hydrogen) atoms. The van der Waals surface area contributed by atoms with E-state index in [2.05, 4.69) is 16.0 Å². The van der Waals surface area contributed by atoms with Gasteiger partial charge in [0.1, 0.15) is 12.1 Å². The van der Waals surface area contributed by atoms with Gasteiger partial charge in [-0.3, -0.25) is 14.4 Å². The second-order valence-corrected chi connectivity index (χ2v) is 8.36. The molecule has 0 aliphatic rings. The first-order chi connectivity index (χ1) is 13.4. The second kappa shape index (κ2) is 13.4. The van der Waals surface area contributed by atoms with Crippen LogP contribution in [0.1, 0.15) is 40.5 Å². The van der Waals surface area contributed by atoms with Crippen LogP contribution in [0.25, 0.3) is 0 Å². The van der Waals surface area contributed by atoms with Crippen molar-refractivity contribution in [1.29, 1.82) is 0 Å². The Kier molecular flexibility index (Phi) is 12.5. The van der Waals surface area contributed by atoms with Gasteiger partial charge >= 0.3 is 5.97 Å². The van der Waals surface area contributed by atoms with Gasteiger partial charge in [0.05, 0.1) is 12.1 Å². The average Bonchev–Trinajstić information content (AvgIpc) is 2.61. The van der Waals surface area contributed by atoms with E-state index in [4.69, 9.17) is 10.8 Å². The third kappa shape index (κ3) is 10.5. The monoisotopic (exact) mass is 434 g/mol. The number of hydrogen-bond acceptors (Lipinski definition) is 7. The number of hydrogen-bond donors (Lipinski definition) is 6. The smallest absolute Gasteiger partial charge is 0.328 e. The van der Waals surface area contributed by atoms with Crippen molar-refractivity contribution in [2.75, 3.05) is 12.0 Å². The molecule has 0 bridgehead atoms. The lowest BCUT2D eigenvalue weighted by atomic mass is 10.0. The Morgan fingerprint density at radius 3 is 2.00 bits per heavy atom. The van der Waals surface area contributed by atoms with Gasteiger partial charge in [-0.25, -0.2) is 4.79 Å². The number of aliphatic hydroxyl groups is 1. The first kappa shape index (κ1) is 27.1. The van der Waals surface area contributed by atoms with Gasteiger partial charge in [-0.2, -0.15) is 11.8 Å². The summed E-state index contributed by atoms with van der Waals surface area (Å²) in [6.45, 7) is 6.48. The molecule has 0 aliphatic carbocycles. The molecule has 10 nitrogen and oxygen atoms in total. The molecule has 0 saturated heterocycles. The first-order valence-electron chi connectivity index (χ1n) is 9.47. The van der Waals surface area contributed by atoms with Crippen molar-refractivity contribution in [3.05, 3.63) is 0 Å². The third-order valence-corrected chi connectivity index (χ3v) is 4.75. The molecule has 0 fully saturated rings. The zero-order chi connectivity index (χ0) is 22.7. The van der Waals surface area contributed by atoms with E-state index in [1.165, 1.54) is 25.6 Å². The largest absolute Gasteiger partial charge is 0.480 e. The van der Waals surface area contributed by atoms with Gasteiger partial charge < -0.3 is 31.9 Å². The minimum atomic E-state index is -1.50. The average molecular weight is 435 g/mol. The second-order valence-electron chi connectivity index (χ2n) is 7.37. The number of carbonyl (C=O) groups is 4. The molecule has 0 aliphatic heterocycles. The Bertz CT molecular complexity index is 573. The molecule has 0 aromatic rings. The number of aliphatic hydroxyl groups excluding tert-OH is 1. The SMILES string of the molecule is CSCCC(NC(=O)C(N)CC(C)C)C(=O)NC(C)C(=O)NC(C(=O)O)C(C)O. The summed E-state index contributed by atoms with van der Waals surface area (Å²) in [6, 6.07) is -4.19. The number of rotatable bonds is 13. The number of nitrogens with two attached hydrogens (primary N) is 1. The molecule has 168 valence electrons. The fourth-order valence-electron chi connectivity index (χ4n) is 2.44. The Hall–Kier alpha value is -1.85. The summed E-state index contributed by atoms with van der Waals surface area (Å²) in [5.74, 6) is -2.36. The topological polar surface area (TPSA) is 171 Å². The lowest BCUT2D eigenvalue weighted by Gasteiger charge is -2.24. The molecule has 0 saturated carbocycles. The molecular formula is C18H34N4O6S. The van der Waals surface area contributed by atoms with Crippen molar-refractivity contribution in [1.82, 2.24) is 16.0 Å². The fourth-order valence-corrected chi connectivity index (χ4v) is 2.92. The molecule has 0 rings (SSSR count). The highest BCUT2D eigenvalue weighted by Gasteiger charge is 2.29. The summed E-state index contributed by atoms with van der Waals surface area (Å²) in [5.41, 5.74) is 5.86. The number of nitrogens with one attached hydrogen (secondary N) is 3. The number of thioether (sulfide) groups is 1. The Balaban J connectivity index is 5.00. The molecule has 0 aromatic heterocycles. The highest BCUT2D eigenvalue weighted by atomic mass is 32.2. The summed E-state index contributed by atoms with van der Waals surface area (Å²) in [7, 11) is 0. The van der Waals surface area contributed by atoms with Crippen molar-refractivity contribution < 1.29 is 29.4 Å². The van der Waals surface area contributed by atoms with Crippen LogP contribution >= 0.6 is 11.8 Å². The van der Waals surface area contributed by atoms with Crippen LogP contribution in [0.5, 0.6) is 0 Å². The third-order valence-electron chi connectivity index (χ3n) is 4.10. The predicted octanol–water partition coefficient (Wildman–Crippen LogP) is -0.947. The van der Waals surface area contributed by atoms with E-state index in [0.29, 0.717) is 18.6 Å². The van der Waals surface area contributed by atoms with Crippen molar-refractivity contribution >= 4 is 35.5 Å². The van der Waals surface area contributed by atoms with Crippen LogP contribution in [0.15, 0.2) is 0 Å². The van der Waals surface area contributed by atoms with Gasteiger partial charge in [-0.1, -0.05) is 13.8 Å². The molecule has 0 radical (unpaired) electrons. The highest BCUT2D eigenvalue weighted by molar-refractivity contribution is 7.98. The van der Waals surface area contributed by atoms with E-state index < -0.39 is 54.0 Å². The molecule has 3 amide bonds. The van der Waals surface area contributed by atoms with Crippen LogP contribution in [0.2, 0.25) is 0 Å². The van der Waals surface area contributed by atoms with E-state index in [1.807, 2.05) is 20.1 Å². The minimum Gasteiger partial charge on any atom is -0.480 e. The minimum absolute atomic E-state index is 0.217. The van der Waals surface area contributed by atoms with Gasteiger partial charge in [-0.05, 0) is 44.6 Å². The molecule has 0 spiro atoms. The lowest BCUT2D eigenvalue weighted by Crippen LogP contribution is -2.57. The summed E-state index contributed by atoms with van der Waals surface area (Å²) < 4.78 is 0. The maximum Gasteiger partial charge on any atom is 0.328 e.